The van der Waals surface area contributed by atoms with Gasteiger partial charge in [-0.25, -0.2) is 0 Å². The summed E-state index contributed by atoms with van der Waals surface area (Å²) < 4.78 is 24.5. The van der Waals surface area contributed by atoms with Crippen LogP contribution in [0.4, 0.5) is 0 Å². The van der Waals surface area contributed by atoms with E-state index in [0.29, 0.717) is 45.9 Å². The third-order valence-corrected chi connectivity index (χ3v) is 7.93. The van der Waals surface area contributed by atoms with Gasteiger partial charge in [0.05, 0.1) is 52.6 Å². The number of rotatable bonds is 12. The number of nitrogens with zero attached hydrogens (tertiary/aromatic N) is 2. The predicted octanol–water partition coefficient (Wildman–Crippen LogP) is 2.58. The number of carbonyl (C=O) groups is 1. The zero-order valence-corrected chi connectivity index (χ0v) is 27.1. The van der Waals surface area contributed by atoms with E-state index in [0.717, 1.165) is 58.1 Å². The molecule has 2 heterocycles. The summed E-state index contributed by atoms with van der Waals surface area (Å²) in [5.74, 6) is 3.26. The molecule has 2 aliphatic rings. The van der Waals surface area contributed by atoms with E-state index in [1.807, 2.05) is 33.8 Å². The van der Waals surface area contributed by atoms with Gasteiger partial charge in [0.25, 0.3) is 5.91 Å². The number of halogens is 1. The summed E-state index contributed by atoms with van der Waals surface area (Å²) in [4.78, 5) is 16.1. The van der Waals surface area contributed by atoms with Crippen molar-refractivity contribution in [2.75, 3.05) is 59.7 Å². The van der Waals surface area contributed by atoms with Crippen molar-refractivity contribution in [1.29, 1.82) is 0 Å². The fraction of sp³-hybridized carbons (Fsp3) is 0.594. The van der Waals surface area contributed by atoms with Crippen molar-refractivity contribution < 1.29 is 52.2 Å². The van der Waals surface area contributed by atoms with Gasteiger partial charge in [0.2, 0.25) is 0 Å². The fourth-order valence-electron chi connectivity index (χ4n) is 6.06. The molecule has 1 atom stereocenters. The smallest absolute Gasteiger partial charge is 0.278 e. The van der Waals surface area contributed by atoms with Crippen molar-refractivity contribution in [2.24, 2.45) is 0 Å². The summed E-state index contributed by atoms with van der Waals surface area (Å²) in [6.07, 6.45) is 5.15. The fourth-order valence-corrected chi connectivity index (χ4v) is 6.06. The Balaban J connectivity index is 0.00000441. The van der Waals surface area contributed by atoms with E-state index in [4.69, 9.17) is 18.9 Å². The summed E-state index contributed by atoms with van der Waals surface area (Å²) in [6, 6.07) is 10.3. The molecule has 1 amide bonds. The van der Waals surface area contributed by atoms with Crippen LogP contribution in [-0.4, -0.2) is 74.9 Å². The number of carbonyl (C=O) groups excluding carboxylic acids is 1. The first kappa shape index (κ1) is 32.3. The van der Waals surface area contributed by atoms with Crippen molar-refractivity contribution in [3.63, 3.8) is 0 Å². The standard InChI is InChI=1S/C32H47N2O5.HI/c1-6-36-28-14-13-24(20-29(28)37-7-2)19-27-26-22-31(39-9-4)30(38-8-3)21-25(26)15-16-33(27)32(35)23-34(5)17-11-10-12-18-34;/h13-14,20-22,27H,6-12,15-19,23H2,1-5H3;1H/q+1;/p-1. The average molecular weight is 667 g/mol. The van der Waals surface area contributed by atoms with E-state index < -0.39 is 0 Å². The molecule has 8 heteroatoms. The number of benzene rings is 2. The molecule has 0 aromatic heterocycles. The molecule has 1 fully saturated rings. The number of hydrogen-bond acceptors (Lipinski definition) is 5. The lowest BCUT2D eigenvalue weighted by molar-refractivity contribution is -0.906. The number of quaternary nitrogens is 1. The monoisotopic (exact) mass is 666 g/mol. The van der Waals surface area contributed by atoms with Crippen LogP contribution in [0.3, 0.4) is 0 Å². The molecule has 0 bridgehead atoms. The number of ether oxygens (including phenoxy) is 4. The van der Waals surface area contributed by atoms with Crippen molar-refractivity contribution in [2.45, 2.75) is 65.8 Å². The molecule has 0 radical (unpaired) electrons. The largest absolute Gasteiger partial charge is 1.00 e. The summed E-state index contributed by atoms with van der Waals surface area (Å²) in [5, 5.41) is 0. The molecular weight excluding hydrogens is 619 g/mol. The van der Waals surface area contributed by atoms with Crippen molar-refractivity contribution >= 4 is 5.91 Å². The van der Waals surface area contributed by atoms with Gasteiger partial charge in [0.1, 0.15) is 0 Å². The summed E-state index contributed by atoms with van der Waals surface area (Å²) in [6.45, 7) is 13.6. The van der Waals surface area contributed by atoms with E-state index in [9.17, 15) is 4.79 Å². The Labute approximate surface area is 257 Å². The Bertz CT molecular complexity index is 1120. The maximum atomic E-state index is 14.0. The second-order valence-corrected chi connectivity index (χ2v) is 10.9. The third-order valence-electron chi connectivity index (χ3n) is 7.93. The quantitative estimate of drug-likeness (QED) is 0.258. The van der Waals surface area contributed by atoms with Crippen LogP contribution in [0.2, 0.25) is 0 Å². The van der Waals surface area contributed by atoms with Crippen LogP contribution in [0.5, 0.6) is 23.0 Å². The van der Waals surface area contributed by atoms with Crippen molar-refractivity contribution in [3.8, 4) is 23.0 Å². The second kappa shape index (κ2) is 15.1. The summed E-state index contributed by atoms with van der Waals surface area (Å²) in [5.41, 5.74) is 3.49. The van der Waals surface area contributed by atoms with Gasteiger partial charge < -0.3 is 52.3 Å². The second-order valence-electron chi connectivity index (χ2n) is 10.9. The molecule has 1 saturated heterocycles. The number of hydrogen-bond donors (Lipinski definition) is 0. The van der Waals surface area contributed by atoms with Crippen LogP contribution >= 0.6 is 0 Å². The molecule has 1 unspecified atom stereocenters. The maximum absolute atomic E-state index is 14.0. The Hall–Kier alpha value is -2.20. The van der Waals surface area contributed by atoms with Gasteiger partial charge in [-0.05, 0) is 101 Å². The minimum atomic E-state index is -0.0973. The van der Waals surface area contributed by atoms with Gasteiger partial charge in [-0.1, -0.05) is 6.07 Å². The highest BCUT2D eigenvalue weighted by Gasteiger charge is 2.36. The predicted molar refractivity (Wildman–Crippen MR) is 154 cm³/mol. The van der Waals surface area contributed by atoms with Crippen LogP contribution in [0.1, 0.15) is 69.7 Å². The normalized spacial score (nSPS) is 17.8. The molecule has 222 valence electrons. The molecule has 2 aromatic rings. The van der Waals surface area contributed by atoms with E-state index in [2.05, 4.69) is 36.2 Å². The molecule has 0 aliphatic carbocycles. The topological polar surface area (TPSA) is 57.2 Å². The maximum Gasteiger partial charge on any atom is 0.278 e. The number of amides is 1. The zero-order chi connectivity index (χ0) is 27.8. The van der Waals surface area contributed by atoms with Crippen LogP contribution in [0.15, 0.2) is 30.3 Å². The number of piperidine rings is 1. The number of likely N-dealkylation sites (N-methyl/N-ethyl adjacent to an activating group) is 1. The molecule has 4 rings (SSSR count). The van der Waals surface area contributed by atoms with Crippen LogP contribution in [0, 0.1) is 0 Å². The number of likely N-dealkylation sites (tertiary alicyclic amines) is 1. The average Bonchev–Trinajstić information content (AvgIpc) is 2.91. The minimum Gasteiger partial charge on any atom is -1.00 e. The van der Waals surface area contributed by atoms with Gasteiger partial charge in [-0.2, -0.15) is 0 Å². The van der Waals surface area contributed by atoms with E-state index in [-0.39, 0.29) is 35.9 Å². The molecule has 2 aromatic carbocycles. The molecule has 7 nitrogen and oxygen atoms in total. The molecule has 0 saturated carbocycles. The van der Waals surface area contributed by atoms with Crippen LogP contribution in [0.25, 0.3) is 0 Å². The van der Waals surface area contributed by atoms with Gasteiger partial charge in [-0.15, -0.1) is 0 Å². The Morgan fingerprint density at radius 1 is 0.825 bits per heavy atom. The van der Waals surface area contributed by atoms with Gasteiger partial charge in [-0.3, -0.25) is 4.79 Å². The first-order chi connectivity index (χ1) is 18.9. The lowest BCUT2D eigenvalue weighted by Gasteiger charge is -2.42. The summed E-state index contributed by atoms with van der Waals surface area (Å²) >= 11 is 0. The zero-order valence-electron chi connectivity index (χ0n) is 25.0. The Kier molecular flexibility index (Phi) is 12.2. The molecule has 0 N–H and O–H groups in total. The SMILES string of the molecule is CCOc1ccc(CC2c3cc(OCC)c(OCC)cc3CCN2C(=O)C[N+]2(C)CCCCC2)cc1OCC.[I-]. The van der Waals surface area contributed by atoms with E-state index in [1.54, 1.807) is 0 Å². The van der Waals surface area contributed by atoms with Crippen molar-refractivity contribution in [3.05, 3.63) is 47.0 Å². The van der Waals surface area contributed by atoms with Gasteiger partial charge >= 0.3 is 0 Å². The van der Waals surface area contributed by atoms with Gasteiger partial charge in [0.15, 0.2) is 29.5 Å². The lowest BCUT2D eigenvalue weighted by Crippen LogP contribution is -3.00. The lowest BCUT2D eigenvalue weighted by atomic mass is 9.87. The molecule has 40 heavy (non-hydrogen) atoms. The molecular formula is C32H47IN2O5. The Morgan fingerprint density at radius 2 is 1.40 bits per heavy atom. The van der Waals surface area contributed by atoms with Crippen LogP contribution < -0.4 is 42.9 Å². The summed E-state index contributed by atoms with van der Waals surface area (Å²) in [7, 11) is 2.24. The van der Waals surface area contributed by atoms with E-state index >= 15 is 0 Å². The highest BCUT2D eigenvalue weighted by atomic mass is 127. The molecule has 0 spiro atoms. The number of fused-ring (bicyclic) bond motifs is 1. The minimum absolute atomic E-state index is 0. The van der Waals surface area contributed by atoms with Gasteiger partial charge in [0, 0.05) is 6.54 Å². The van der Waals surface area contributed by atoms with E-state index in [1.165, 1.54) is 24.8 Å². The van der Waals surface area contributed by atoms with Crippen molar-refractivity contribution in [1.82, 2.24) is 4.90 Å². The third kappa shape index (κ3) is 7.75. The highest BCUT2D eigenvalue weighted by molar-refractivity contribution is 5.78. The Morgan fingerprint density at radius 3 is 2.02 bits per heavy atom. The first-order valence-corrected chi connectivity index (χ1v) is 14.8. The first-order valence-electron chi connectivity index (χ1n) is 14.8. The molecule has 2 aliphatic heterocycles. The van der Waals surface area contributed by atoms with Crippen LogP contribution in [-0.2, 0) is 17.6 Å². The highest BCUT2D eigenvalue weighted by Crippen LogP contribution is 2.41.